The van der Waals surface area contributed by atoms with E-state index >= 15 is 0 Å². The van der Waals surface area contributed by atoms with Crippen LogP contribution in [0.15, 0.2) is 88.7 Å². The lowest BCUT2D eigenvalue weighted by atomic mass is 10.0. The summed E-state index contributed by atoms with van der Waals surface area (Å²) in [7, 11) is 0. The van der Waals surface area contributed by atoms with E-state index < -0.39 is 0 Å². The second-order valence-corrected chi connectivity index (χ2v) is 11.7. The summed E-state index contributed by atoms with van der Waals surface area (Å²) in [5.41, 5.74) is 3.93. The molecule has 0 fully saturated rings. The van der Waals surface area contributed by atoms with Crippen LogP contribution >= 0.6 is 23.4 Å². The van der Waals surface area contributed by atoms with Crippen molar-refractivity contribution in [2.24, 2.45) is 0 Å². The maximum Gasteiger partial charge on any atom is 0.277 e. The van der Waals surface area contributed by atoms with Gasteiger partial charge in [0.15, 0.2) is 10.9 Å². The van der Waals surface area contributed by atoms with Crippen molar-refractivity contribution < 1.29 is 9.18 Å². The van der Waals surface area contributed by atoms with Crippen LogP contribution in [0.4, 0.5) is 10.1 Å². The van der Waals surface area contributed by atoms with Gasteiger partial charge in [0, 0.05) is 60.5 Å². The van der Waals surface area contributed by atoms with Crippen LogP contribution in [0.3, 0.4) is 0 Å². The van der Waals surface area contributed by atoms with Gasteiger partial charge >= 0.3 is 0 Å². The number of nitrogens with zero attached hydrogens (tertiary/aromatic N) is 5. The lowest BCUT2D eigenvalue weighted by Crippen LogP contribution is -2.28. The van der Waals surface area contributed by atoms with Crippen molar-refractivity contribution in [3.63, 3.8) is 0 Å². The molecule has 0 atom stereocenters. The normalized spacial score (nSPS) is 15.1. The molecule has 0 N–H and O–H groups in total. The minimum absolute atomic E-state index is 0.0220. The highest BCUT2D eigenvalue weighted by atomic mass is 35.5. The summed E-state index contributed by atoms with van der Waals surface area (Å²) in [5.74, 6) is 0.213. The van der Waals surface area contributed by atoms with Crippen LogP contribution in [0.2, 0.25) is 5.02 Å². The molecule has 7 nitrogen and oxygen atoms in total. The molecule has 0 bridgehead atoms. The molecule has 0 amide bonds. The fourth-order valence-electron chi connectivity index (χ4n) is 4.98. The number of anilines is 1. The van der Waals surface area contributed by atoms with E-state index in [-0.39, 0.29) is 23.7 Å². The number of allylic oxidation sites excluding steroid dienone is 1. The zero-order valence-electron chi connectivity index (χ0n) is 23.5. The molecule has 1 aliphatic heterocycles. The number of carbonyl (C=O) groups excluding carboxylic acids is 1. The highest BCUT2D eigenvalue weighted by Gasteiger charge is 2.18. The summed E-state index contributed by atoms with van der Waals surface area (Å²) in [6.45, 7) is 4.49. The number of aryl methyl sites for hydroxylation is 1. The minimum Gasteiger partial charge on any atom is -0.371 e. The van der Waals surface area contributed by atoms with E-state index in [1.165, 1.54) is 23.9 Å². The Morgan fingerprint density at radius 1 is 1.05 bits per heavy atom. The Bertz CT molecular complexity index is 1620. The quantitative estimate of drug-likeness (QED) is 0.156. The Kier molecular flexibility index (Phi) is 9.92. The molecule has 218 valence electrons. The first kappa shape index (κ1) is 29.8. The summed E-state index contributed by atoms with van der Waals surface area (Å²) in [5, 5.41) is 5.49. The molecule has 1 aliphatic rings. The zero-order chi connectivity index (χ0) is 29.5. The number of thioether (sulfide) groups is 1. The number of aromatic nitrogens is 4. The smallest absolute Gasteiger partial charge is 0.277 e. The molecule has 2 aromatic heterocycles. The molecule has 42 heavy (non-hydrogen) atoms. The zero-order valence-corrected chi connectivity index (χ0v) is 25.1. The molecule has 0 saturated heterocycles. The number of carbonyl (C=O) groups is 1. The van der Waals surface area contributed by atoms with Crippen LogP contribution in [0.5, 0.6) is 0 Å². The number of Topliss-reactive ketones (excluding diaryl/α,β-unsaturated/α-hetero) is 1. The Morgan fingerprint density at radius 3 is 2.57 bits per heavy atom. The van der Waals surface area contributed by atoms with Crippen molar-refractivity contribution >= 4 is 34.8 Å². The molecule has 10 heteroatoms. The first-order chi connectivity index (χ1) is 20.4. The van der Waals surface area contributed by atoms with Crippen molar-refractivity contribution in [3.05, 3.63) is 117 Å². The number of hydrogen-bond donors (Lipinski definition) is 0. The molecule has 0 spiro atoms. The van der Waals surface area contributed by atoms with Crippen LogP contribution in [-0.2, 0) is 30.1 Å². The summed E-state index contributed by atoms with van der Waals surface area (Å²) in [4.78, 5) is 33.3. The molecule has 5 rings (SSSR count). The van der Waals surface area contributed by atoms with Crippen LogP contribution in [-0.4, -0.2) is 38.2 Å². The number of rotatable bonds is 10. The van der Waals surface area contributed by atoms with Crippen molar-refractivity contribution in [3.8, 4) is 0 Å². The van der Waals surface area contributed by atoms with Gasteiger partial charge in [-0.05, 0) is 79.3 Å². The third-order valence-corrected chi connectivity index (χ3v) is 8.56. The molecular formula is C32H33ClFN5O2S. The van der Waals surface area contributed by atoms with E-state index in [9.17, 15) is 14.0 Å². The van der Waals surface area contributed by atoms with Crippen molar-refractivity contribution in [1.29, 1.82) is 0 Å². The van der Waals surface area contributed by atoms with E-state index in [1.54, 1.807) is 29.1 Å². The molecule has 2 aromatic carbocycles. The van der Waals surface area contributed by atoms with Crippen LogP contribution in [0.1, 0.15) is 42.9 Å². The standard InChI is InChI=1S/C32H33ClFN5O2S/c1-2-39-19-24(18-35-39)17-26-20-38(32(36-31(26)41)42-22-23-7-11-28(34)12-8-23)21-30(40)25-5-3-15-37(16-4-6-25)29-13-9-27(33)10-14-29/h5,7-14,18-20H,2-4,6,15-17,21-22H2,1H3/b25-5-. The Labute approximate surface area is 254 Å². The topological polar surface area (TPSA) is 73.0 Å². The summed E-state index contributed by atoms with van der Waals surface area (Å²) in [6, 6.07) is 14.1. The molecule has 0 aliphatic carbocycles. The molecule has 0 saturated carbocycles. The maximum absolute atomic E-state index is 13.6. The summed E-state index contributed by atoms with van der Waals surface area (Å²) >= 11 is 7.42. The van der Waals surface area contributed by atoms with Gasteiger partial charge in [-0.25, -0.2) is 4.39 Å². The Hall–Kier alpha value is -3.69. The number of halogens is 2. The van der Waals surface area contributed by atoms with Gasteiger partial charge in [-0.1, -0.05) is 41.6 Å². The first-order valence-corrected chi connectivity index (χ1v) is 15.5. The Morgan fingerprint density at radius 2 is 1.83 bits per heavy atom. The van der Waals surface area contributed by atoms with Gasteiger partial charge in [0.05, 0.1) is 12.7 Å². The predicted octanol–water partition coefficient (Wildman–Crippen LogP) is 6.32. The molecule has 4 aromatic rings. The molecular weight excluding hydrogens is 573 g/mol. The highest BCUT2D eigenvalue weighted by molar-refractivity contribution is 7.98. The van der Waals surface area contributed by atoms with E-state index in [2.05, 4.69) is 15.0 Å². The first-order valence-electron chi connectivity index (χ1n) is 14.1. The average Bonchev–Trinajstić information content (AvgIpc) is 3.43. The van der Waals surface area contributed by atoms with Gasteiger partial charge < -0.3 is 9.47 Å². The lowest BCUT2D eigenvalue weighted by Gasteiger charge is -2.26. The summed E-state index contributed by atoms with van der Waals surface area (Å²) in [6.07, 6.45) is 10.1. The van der Waals surface area contributed by atoms with E-state index in [0.29, 0.717) is 34.3 Å². The third kappa shape index (κ3) is 7.77. The predicted molar refractivity (Wildman–Crippen MR) is 166 cm³/mol. The van der Waals surface area contributed by atoms with Gasteiger partial charge in [0.25, 0.3) is 5.56 Å². The number of hydrogen-bond acceptors (Lipinski definition) is 6. The second-order valence-electron chi connectivity index (χ2n) is 10.3. The Balaban J connectivity index is 1.34. The van der Waals surface area contributed by atoms with Gasteiger partial charge in [0.2, 0.25) is 0 Å². The van der Waals surface area contributed by atoms with Crippen LogP contribution in [0, 0.1) is 5.82 Å². The lowest BCUT2D eigenvalue weighted by molar-refractivity contribution is -0.116. The highest BCUT2D eigenvalue weighted by Crippen LogP contribution is 2.24. The van der Waals surface area contributed by atoms with Crippen molar-refractivity contribution in [2.45, 2.75) is 56.6 Å². The van der Waals surface area contributed by atoms with E-state index in [0.717, 1.165) is 54.9 Å². The van der Waals surface area contributed by atoms with E-state index in [1.807, 2.05) is 48.1 Å². The molecule has 0 unspecified atom stereocenters. The maximum atomic E-state index is 13.6. The SMILES string of the molecule is CCn1cc(Cc2cn(CC(=O)/C3=C\CCN(c4ccc(Cl)cc4)CCC3)c(SCc3ccc(F)cc3)nc2=O)cn1. The largest absolute Gasteiger partial charge is 0.371 e. The monoisotopic (exact) mass is 605 g/mol. The fraction of sp³-hybridized carbons (Fsp3) is 0.312. The molecule has 3 heterocycles. The van der Waals surface area contributed by atoms with Crippen molar-refractivity contribution in [1.82, 2.24) is 19.3 Å². The van der Waals surface area contributed by atoms with Gasteiger partial charge in [0.1, 0.15) is 5.82 Å². The average molecular weight is 606 g/mol. The summed E-state index contributed by atoms with van der Waals surface area (Å²) < 4.78 is 17.0. The second kappa shape index (κ2) is 14.0. The number of ketones is 1. The van der Waals surface area contributed by atoms with Crippen molar-refractivity contribution in [2.75, 3.05) is 18.0 Å². The number of benzene rings is 2. The van der Waals surface area contributed by atoms with Gasteiger partial charge in [-0.2, -0.15) is 10.1 Å². The minimum atomic E-state index is -0.322. The van der Waals surface area contributed by atoms with Gasteiger partial charge in [-0.3, -0.25) is 14.3 Å². The van der Waals surface area contributed by atoms with E-state index in [4.69, 9.17) is 11.6 Å². The fourth-order valence-corrected chi connectivity index (χ4v) is 6.02. The van der Waals surface area contributed by atoms with Gasteiger partial charge in [-0.15, -0.1) is 0 Å². The van der Waals surface area contributed by atoms with Crippen LogP contribution in [0.25, 0.3) is 0 Å². The van der Waals surface area contributed by atoms with Crippen LogP contribution < -0.4 is 10.5 Å². The molecule has 0 radical (unpaired) electrons. The third-order valence-electron chi connectivity index (χ3n) is 7.24.